The highest BCUT2D eigenvalue weighted by Crippen LogP contribution is 2.15. The van der Waals surface area contributed by atoms with E-state index >= 15 is 0 Å². The first-order valence-corrected chi connectivity index (χ1v) is 33.3. The zero-order valence-corrected chi connectivity index (χ0v) is 53.1. The molecular formula is C77H120O6. The van der Waals surface area contributed by atoms with E-state index in [9.17, 15) is 14.4 Å². The number of carbonyl (C=O) groups excluding carboxylic acids is 3. The zero-order chi connectivity index (χ0) is 59.9. The van der Waals surface area contributed by atoms with E-state index < -0.39 is 6.10 Å². The summed E-state index contributed by atoms with van der Waals surface area (Å²) in [6.45, 7) is 6.24. The Bertz CT molecular complexity index is 1940. The fourth-order valence-electron chi connectivity index (χ4n) is 8.52. The van der Waals surface area contributed by atoms with Crippen molar-refractivity contribution >= 4 is 17.9 Å². The number of allylic oxidation sites excluding steroid dienone is 30. The third-order valence-electron chi connectivity index (χ3n) is 13.4. The average molecular weight is 1140 g/mol. The van der Waals surface area contributed by atoms with Crippen molar-refractivity contribution in [3.63, 3.8) is 0 Å². The number of ether oxygens (including phenoxy) is 3. The molecule has 1 atom stereocenters. The summed E-state index contributed by atoms with van der Waals surface area (Å²) in [5.74, 6) is -0.985. The summed E-state index contributed by atoms with van der Waals surface area (Å²) < 4.78 is 16.9. The molecule has 6 heteroatoms. The van der Waals surface area contributed by atoms with Crippen molar-refractivity contribution in [3.8, 4) is 0 Å². The maximum Gasteiger partial charge on any atom is 0.306 e. The molecule has 1 unspecified atom stereocenters. The van der Waals surface area contributed by atoms with Gasteiger partial charge in [0.05, 0.1) is 0 Å². The lowest BCUT2D eigenvalue weighted by atomic mass is 10.0. The molecule has 83 heavy (non-hydrogen) atoms. The quantitative estimate of drug-likeness (QED) is 0.0261. The van der Waals surface area contributed by atoms with Gasteiger partial charge in [-0.15, -0.1) is 0 Å². The summed E-state index contributed by atoms with van der Waals surface area (Å²) in [5, 5.41) is 0. The lowest BCUT2D eigenvalue weighted by Crippen LogP contribution is -2.30. The number of hydrogen-bond donors (Lipinski definition) is 0. The van der Waals surface area contributed by atoms with E-state index in [1.165, 1.54) is 57.8 Å². The van der Waals surface area contributed by atoms with Gasteiger partial charge in [-0.1, -0.05) is 274 Å². The first-order chi connectivity index (χ1) is 41.0. The van der Waals surface area contributed by atoms with Crippen LogP contribution in [0.4, 0.5) is 0 Å². The molecule has 0 N–H and O–H groups in total. The third kappa shape index (κ3) is 67.2. The van der Waals surface area contributed by atoms with Crippen LogP contribution in [0, 0.1) is 0 Å². The standard InChI is InChI=1S/C77H120O6/c1-4-7-10-13-16-19-22-25-28-31-34-35-36-37-38-39-40-41-44-46-49-52-55-58-61-64-67-70-76(79)82-73-74(83-77(80)71-68-65-62-59-56-53-50-47-43-33-30-27-24-21-18-15-12-9-6-3)72-81-75(78)69-66-63-60-57-54-51-48-45-42-32-29-26-23-20-17-14-11-8-5-2/h7-12,16-21,25-30,34-35,37-38,42-43,45,47,51,53-54,56,74H,4-6,13-15,22-24,31-33,36,39-41,44,46,48-50,52,55,57-73H2,1-3H3/b10-7-,11-8-,12-9-,19-16-,20-17-,21-18-,28-25-,29-26-,30-27-,35-34-,38-37-,45-42-,47-43-,54-51-,56-53-. The van der Waals surface area contributed by atoms with Gasteiger partial charge in [0.25, 0.3) is 0 Å². The van der Waals surface area contributed by atoms with Crippen molar-refractivity contribution in [2.24, 2.45) is 0 Å². The van der Waals surface area contributed by atoms with Gasteiger partial charge in [0, 0.05) is 19.3 Å². The molecule has 0 aliphatic carbocycles. The van der Waals surface area contributed by atoms with E-state index in [2.05, 4.69) is 203 Å². The van der Waals surface area contributed by atoms with E-state index in [0.717, 1.165) is 161 Å². The number of esters is 3. The van der Waals surface area contributed by atoms with Gasteiger partial charge in [0.1, 0.15) is 13.2 Å². The summed E-state index contributed by atoms with van der Waals surface area (Å²) in [6.07, 6.45) is 103. The minimum atomic E-state index is -0.823. The van der Waals surface area contributed by atoms with Crippen molar-refractivity contribution in [2.45, 2.75) is 271 Å². The Morgan fingerprint density at radius 3 is 0.687 bits per heavy atom. The molecule has 0 aliphatic rings. The molecule has 0 aromatic rings. The minimum Gasteiger partial charge on any atom is -0.462 e. The Morgan fingerprint density at radius 1 is 0.241 bits per heavy atom. The molecule has 0 heterocycles. The number of rotatable bonds is 58. The lowest BCUT2D eigenvalue weighted by molar-refractivity contribution is -0.167. The first kappa shape index (κ1) is 77.5. The number of unbranched alkanes of at least 4 members (excludes halogenated alkanes) is 17. The zero-order valence-electron chi connectivity index (χ0n) is 53.1. The largest absolute Gasteiger partial charge is 0.462 e. The molecule has 0 spiro atoms. The van der Waals surface area contributed by atoms with E-state index in [4.69, 9.17) is 14.2 Å². The molecule has 0 aromatic carbocycles. The fraction of sp³-hybridized carbons (Fsp3) is 0.571. The molecule has 0 aromatic heterocycles. The van der Waals surface area contributed by atoms with Crippen molar-refractivity contribution < 1.29 is 28.6 Å². The van der Waals surface area contributed by atoms with Gasteiger partial charge in [-0.2, -0.15) is 0 Å². The molecule has 0 saturated carbocycles. The third-order valence-corrected chi connectivity index (χ3v) is 13.4. The Kier molecular flexibility index (Phi) is 64.4. The topological polar surface area (TPSA) is 78.9 Å². The second kappa shape index (κ2) is 69.0. The average Bonchev–Trinajstić information content (AvgIpc) is 3.50. The highest BCUT2D eigenvalue weighted by molar-refractivity contribution is 5.71. The van der Waals surface area contributed by atoms with Gasteiger partial charge in [0.2, 0.25) is 0 Å². The van der Waals surface area contributed by atoms with Gasteiger partial charge in [-0.25, -0.2) is 0 Å². The second-order valence-electron chi connectivity index (χ2n) is 21.2. The van der Waals surface area contributed by atoms with Crippen molar-refractivity contribution in [1.29, 1.82) is 0 Å². The van der Waals surface area contributed by atoms with Crippen LogP contribution < -0.4 is 0 Å². The smallest absolute Gasteiger partial charge is 0.306 e. The Labute approximate surface area is 510 Å². The summed E-state index contributed by atoms with van der Waals surface area (Å²) >= 11 is 0. The maximum atomic E-state index is 12.9. The van der Waals surface area contributed by atoms with Crippen LogP contribution in [-0.2, 0) is 28.6 Å². The molecule has 0 rings (SSSR count). The molecular weight excluding hydrogens is 1020 g/mol. The Hall–Kier alpha value is -5.49. The van der Waals surface area contributed by atoms with Crippen LogP contribution in [0.15, 0.2) is 182 Å². The molecule has 0 aliphatic heterocycles. The predicted molar refractivity (Wildman–Crippen MR) is 361 cm³/mol. The van der Waals surface area contributed by atoms with E-state index in [1.54, 1.807) is 0 Å². The normalized spacial score (nSPS) is 13.3. The van der Waals surface area contributed by atoms with Crippen LogP contribution in [0.2, 0.25) is 0 Å². The van der Waals surface area contributed by atoms with Crippen LogP contribution in [0.25, 0.3) is 0 Å². The van der Waals surface area contributed by atoms with Crippen LogP contribution >= 0.6 is 0 Å². The summed E-state index contributed by atoms with van der Waals surface area (Å²) in [7, 11) is 0. The number of carbonyl (C=O) groups is 3. The highest BCUT2D eigenvalue weighted by Gasteiger charge is 2.19. The van der Waals surface area contributed by atoms with Gasteiger partial charge in [-0.05, 0) is 154 Å². The summed E-state index contributed by atoms with van der Waals surface area (Å²) in [4.78, 5) is 38.4. The maximum absolute atomic E-state index is 12.9. The van der Waals surface area contributed by atoms with E-state index in [-0.39, 0.29) is 37.5 Å². The monoisotopic (exact) mass is 1140 g/mol. The van der Waals surface area contributed by atoms with E-state index in [1.807, 2.05) is 0 Å². The Balaban J connectivity index is 4.49. The highest BCUT2D eigenvalue weighted by atomic mass is 16.6. The fourth-order valence-corrected chi connectivity index (χ4v) is 8.52. The molecule has 0 radical (unpaired) electrons. The first-order valence-electron chi connectivity index (χ1n) is 33.3. The van der Waals surface area contributed by atoms with Crippen LogP contribution in [0.3, 0.4) is 0 Å². The van der Waals surface area contributed by atoms with Gasteiger partial charge in [0.15, 0.2) is 6.10 Å². The molecule has 0 amide bonds. The van der Waals surface area contributed by atoms with Crippen molar-refractivity contribution in [2.75, 3.05) is 13.2 Å². The van der Waals surface area contributed by atoms with Crippen LogP contribution in [0.5, 0.6) is 0 Å². The molecule has 0 fully saturated rings. The van der Waals surface area contributed by atoms with Crippen molar-refractivity contribution in [1.82, 2.24) is 0 Å². The van der Waals surface area contributed by atoms with Gasteiger partial charge in [-0.3, -0.25) is 14.4 Å². The van der Waals surface area contributed by atoms with Crippen molar-refractivity contribution in [3.05, 3.63) is 182 Å². The van der Waals surface area contributed by atoms with Crippen LogP contribution in [0.1, 0.15) is 265 Å². The molecule has 6 nitrogen and oxygen atoms in total. The van der Waals surface area contributed by atoms with Crippen LogP contribution in [-0.4, -0.2) is 37.2 Å². The predicted octanol–water partition coefficient (Wildman–Crippen LogP) is 23.2. The lowest BCUT2D eigenvalue weighted by Gasteiger charge is -2.18. The van der Waals surface area contributed by atoms with Gasteiger partial charge >= 0.3 is 17.9 Å². The molecule has 464 valence electrons. The van der Waals surface area contributed by atoms with Gasteiger partial charge < -0.3 is 14.2 Å². The summed E-state index contributed by atoms with van der Waals surface area (Å²) in [6, 6.07) is 0. The minimum absolute atomic E-state index is 0.113. The summed E-state index contributed by atoms with van der Waals surface area (Å²) in [5.41, 5.74) is 0. The Morgan fingerprint density at radius 2 is 0.434 bits per heavy atom. The number of hydrogen-bond acceptors (Lipinski definition) is 6. The molecule has 0 bridgehead atoms. The molecule has 0 saturated heterocycles. The van der Waals surface area contributed by atoms with E-state index in [0.29, 0.717) is 19.3 Å². The SMILES string of the molecule is CC/C=C\C/C=C\C/C=C\C/C=C\C/C=C\CCCCCCCCCCCCCC(=O)OCC(COC(=O)CCCCC/C=C\C/C=C\C/C=C\C/C=C\C/C=C\CC)OC(=O)CCCCC/C=C\C/C=C\C/C=C\C/C=C\C/C=C\CC. The second-order valence-corrected chi connectivity index (χ2v) is 21.2.